The largest absolute Gasteiger partial charge is 0.295 e. The van der Waals surface area contributed by atoms with Gasteiger partial charge in [0, 0.05) is 11.1 Å². The third kappa shape index (κ3) is 4.67. The zero-order valence-corrected chi connectivity index (χ0v) is 22.7. The maximum Gasteiger partial charge on any atom is 0.295 e. The van der Waals surface area contributed by atoms with E-state index in [1.165, 1.54) is 12.1 Å². The van der Waals surface area contributed by atoms with Gasteiger partial charge >= 0.3 is 0 Å². The fraction of sp³-hybridized carbons (Fsp3) is 0. The van der Waals surface area contributed by atoms with Gasteiger partial charge in [-0.15, -0.1) is 0 Å². The van der Waals surface area contributed by atoms with Crippen LogP contribution in [0.3, 0.4) is 0 Å². The lowest BCUT2D eigenvalue weighted by Crippen LogP contribution is -2.14. The maximum absolute atomic E-state index is 12.9. The number of rotatable bonds is 5. The molecule has 0 saturated heterocycles. The molecule has 0 fully saturated rings. The fourth-order valence-corrected chi connectivity index (χ4v) is 6.67. The minimum atomic E-state index is -4.75. The molecule has 3 N–H and O–H groups in total. The second-order valence-electron chi connectivity index (χ2n) is 9.50. The first-order chi connectivity index (χ1) is 19.1. The summed E-state index contributed by atoms with van der Waals surface area (Å²) in [5, 5.41) is 7.96. The molecule has 6 aromatic carbocycles. The lowest BCUT2D eigenvalue weighted by Gasteiger charge is -2.18. The van der Waals surface area contributed by atoms with E-state index in [1.54, 1.807) is 24.3 Å². The van der Waals surface area contributed by atoms with E-state index >= 15 is 0 Å². The van der Waals surface area contributed by atoms with E-state index in [-0.39, 0.29) is 16.0 Å². The van der Waals surface area contributed by atoms with E-state index in [1.807, 2.05) is 84.9 Å². The van der Waals surface area contributed by atoms with E-state index in [0.717, 1.165) is 22.3 Å². The predicted molar refractivity (Wildman–Crippen MR) is 159 cm³/mol. The van der Waals surface area contributed by atoms with Crippen LogP contribution < -0.4 is 5.14 Å². The van der Waals surface area contributed by atoms with Crippen molar-refractivity contribution in [1.29, 1.82) is 0 Å². The maximum atomic E-state index is 12.9. The van der Waals surface area contributed by atoms with E-state index in [9.17, 15) is 21.4 Å². The summed E-state index contributed by atoms with van der Waals surface area (Å²) in [6, 6.07) is 36.3. The zero-order chi connectivity index (χ0) is 28.1. The molecule has 8 heteroatoms. The molecular formula is C32H23NO5S2. The molecule has 0 radical (unpaired) electrons. The molecular weight excluding hydrogens is 542 g/mol. The van der Waals surface area contributed by atoms with Crippen molar-refractivity contribution < 1.29 is 21.4 Å². The van der Waals surface area contributed by atoms with Gasteiger partial charge in [-0.05, 0) is 68.1 Å². The number of hydrogen-bond acceptors (Lipinski definition) is 4. The van der Waals surface area contributed by atoms with Gasteiger partial charge in [0.1, 0.15) is 4.90 Å². The number of primary sulfonamides is 1. The molecule has 0 heterocycles. The summed E-state index contributed by atoms with van der Waals surface area (Å²) in [4.78, 5) is -0.644. The van der Waals surface area contributed by atoms with Gasteiger partial charge in [-0.2, -0.15) is 8.42 Å². The Labute approximate surface area is 232 Å². The van der Waals surface area contributed by atoms with Crippen LogP contribution in [0.2, 0.25) is 0 Å². The quantitative estimate of drug-likeness (QED) is 0.221. The molecule has 6 rings (SSSR count). The van der Waals surface area contributed by atoms with Crippen LogP contribution in [0.5, 0.6) is 0 Å². The van der Waals surface area contributed by atoms with Crippen molar-refractivity contribution in [2.24, 2.45) is 5.14 Å². The lowest BCUT2D eigenvalue weighted by molar-refractivity contribution is 0.483. The first kappa shape index (κ1) is 25.9. The molecule has 198 valence electrons. The van der Waals surface area contributed by atoms with Crippen LogP contribution in [0.15, 0.2) is 131 Å². The second-order valence-corrected chi connectivity index (χ2v) is 12.4. The van der Waals surface area contributed by atoms with Crippen LogP contribution in [-0.4, -0.2) is 21.4 Å². The average Bonchev–Trinajstić information content (AvgIpc) is 2.95. The van der Waals surface area contributed by atoms with Crippen molar-refractivity contribution in [3.63, 3.8) is 0 Å². The van der Waals surface area contributed by atoms with Gasteiger partial charge in [-0.25, -0.2) is 13.6 Å². The van der Waals surface area contributed by atoms with Gasteiger partial charge in [-0.3, -0.25) is 4.55 Å². The van der Waals surface area contributed by atoms with Crippen LogP contribution in [0.4, 0.5) is 0 Å². The fourth-order valence-electron chi connectivity index (χ4n) is 5.21. The third-order valence-electron chi connectivity index (χ3n) is 7.01. The van der Waals surface area contributed by atoms with Gasteiger partial charge in [0.15, 0.2) is 0 Å². The summed E-state index contributed by atoms with van der Waals surface area (Å²) in [5.41, 5.74) is 3.93. The Morgan fingerprint density at radius 2 is 0.900 bits per heavy atom. The first-order valence-electron chi connectivity index (χ1n) is 12.4. The standard InChI is InChI=1S/C32H23NO5S2/c33-39(34,35)29-17-13-25-19-23(21-7-3-1-4-8-21)11-15-27(25)31(29)32-28-16-12-24(22-9-5-2-6-10-22)20-26(28)14-18-30(32)40(36,37)38/h1-20H,(H2,33,34,35)(H,36,37,38). The highest BCUT2D eigenvalue weighted by Gasteiger charge is 2.26. The molecule has 0 saturated carbocycles. The third-order valence-corrected chi connectivity index (χ3v) is 8.86. The molecule has 6 aromatic rings. The van der Waals surface area contributed by atoms with Crippen LogP contribution in [0.25, 0.3) is 54.9 Å². The van der Waals surface area contributed by atoms with Crippen molar-refractivity contribution in [2.45, 2.75) is 9.79 Å². The highest BCUT2D eigenvalue weighted by molar-refractivity contribution is 7.89. The van der Waals surface area contributed by atoms with Crippen LogP contribution in [0, 0.1) is 0 Å². The smallest absolute Gasteiger partial charge is 0.282 e. The van der Waals surface area contributed by atoms with Crippen LogP contribution >= 0.6 is 0 Å². The van der Waals surface area contributed by atoms with Gasteiger partial charge in [-0.1, -0.05) is 97.1 Å². The monoisotopic (exact) mass is 565 g/mol. The zero-order valence-electron chi connectivity index (χ0n) is 21.0. The first-order valence-corrected chi connectivity index (χ1v) is 15.3. The number of fused-ring (bicyclic) bond motifs is 2. The molecule has 0 atom stereocenters. The normalized spacial score (nSPS) is 12.2. The van der Waals surface area contributed by atoms with Crippen LogP contribution in [0.1, 0.15) is 0 Å². The summed E-state index contributed by atoms with van der Waals surface area (Å²) in [6.45, 7) is 0. The summed E-state index contributed by atoms with van der Waals surface area (Å²) >= 11 is 0. The molecule has 0 unspecified atom stereocenters. The SMILES string of the molecule is NS(=O)(=O)c1ccc2cc(-c3ccccc3)ccc2c1-c1c(S(=O)(=O)O)ccc2cc(-c3ccccc3)ccc12. The number of benzene rings is 6. The van der Waals surface area contributed by atoms with E-state index in [2.05, 4.69) is 0 Å². The molecule has 0 aliphatic heterocycles. The number of nitrogens with two attached hydrogens (primary N) is 1. The minimum Gasteiger partial charge on any atom is -0.282 e. The molecule has 0 amide bonds. The van der Waals surface area contributed by atoms with E-state index in [0.29, 0.717) is 21.5 Å². The second kappa shape index (κ2) is 9.69. The van der Waals surface area contributed by atoms with Crippen molar-refractivity contribution in [3.05, 3.63) is 121 Å². The van der Waals surface area contributed by atoms with Gasteiger partial charge in [0.25, 0.3) is 10.1 Å². The molecule has 0 bridgehead atoms. The Bertz CT molecular complexity index is 1990. The highest BCUT2D eigenvalue weighted by atomic mass is 32.2. The molecule has 40 heavy (non-hydrogen) atoms. The number of hydrogen-bond donors (Lipinski definition) is 2. The van der Waals surface area contributed by atoms with Crippen molar-refractivity contribution in [3.8, 4) is 33.4 Å². The van der Waals surface area contributed by atoms with E-state index in [4.69, 9.17) is 5.14 Å². The van der Waals surface area contributed by atoms with Gasteiger partial charge in [0.05, 0.1) is 4.90 Å². The lowest BCUT2D eigenvalue weighted by atomic mass is 9.91. The Hall–Kier alpha value is -4.34. The Balaban J connectivity index is 1.72. The van der Waals surface area contributed by atoms with Gasteiger partial charge < -0.3 is 0 Å². The van der Waals surface area contributed by atoms with Crippen molar-refractivity contribution in [1.82, 2.24) is 0 Å². The molecule has 6 nitrogen and oxygen atoms in total. The van der Waals surface area contributed by atoms with Gasteiger partial charge in [0.2, 0.25) is 10.0 Å². The predicted octanol–water partition coefficient (Wildman–Crippen LogP) is 6.89. The summed E-state index contributed by atoms with van der Waals surface area (Å²) in [5.74, 6) is 0. The minimum absolute atomic E-state index is 0.0710. The Morgan fingerprint density at radius 1 is 0.475 bits per heavy atom. The molecule has 0 aliphatic rings. The number of sulfonamides is 1. The molecule has 0 aromatic heterocycles. The van der Waals surface area contributed by atoms with Crippen molar-refractivity contribution >= 4 is 41.7 Å². The van der Waals surface area contributed by atoms with Crippen molar-refractivity contribution in [2.75, 3.05) is 0 Å². The topological polar surface area (TPSA) is 115 Å². The Kier molecular flexibility index (Phi) is 6.28. The van der Waals surface area contributed by atoms with E-state index < -0.39 is 25.0 Å². The highest BCUT2D eigenvalue weighted by Crippen LogP contribution is 2.43. The molecule has 0 aliphatic carbocycles. The summed E-state index contributed by atoms with van der Waals surface area (Å²) < 4.78 is 61.3. The Morgan fingerprint density at radius 3 is 1.32 bits per heavy atom. The molecule has 0 spiro atoms. The average molecular weight is 566 g/mol. The summed E-state index contributed by atoms with van der Waals surface area (Å²) in [6.07, 6.45) is 0. The van der Waals surface area contributed by atoms with Crippen LogP contribution in [-0.2, 0) is 20.1 Å². The summed E-state index contributed by atoms with van der Waals surface area (Å²) in [7, 11) is -9.05.